The molecule has 5 heteroatoms. The zero-order valence-electron chi connectivity index (χ0n) is 8.57. The van der Waals surface area contributed by atoms with Crippen LogP contribution in [0.15, 0.2) is 12.3 Å². The van der Waals surface area contributed by atoms with Gasteiger partial charge in [-0.25, -0.2) is 0 Å². The van der Waals surface area contributed by atoms with Crippen molar-refractivity contribution < 1.29 is 9.59 Å². The van der Waals surface area contributed by atoms with Crippen LogP contribution in [0.1, 0.15) is 18.2 Å². The van der Waals surface area contributed by atoms with Crippen LogP contribution in [0.5, 0.6) is 0 Å². The van der Waals surface area contributed by atoms with Gasteiger partial charge in [0.1, 0.15) is 0 Å². The van der Waals surface area contributed by atoms with Gasteiger partial charge in [0.15, 0.2) is 0 Å². The van der Waals surface area contributed by atoms with Crippen LogP contribution in [0.3, 0.4) is 0 Å². The number of aromatic nitrogens is 2. The smallest absolute Gasteiger partial charge is 0.259 e. The van der Waals surface area contributed by atoms with E-state index in [0.717, 1.165) is 17.7 Å². The monoisotopic (exact) mass is 205 g/mol. The predicted molar refractivity (Wildman–Crippen MR) is 53.7 cm³/mol. The summed E-state index contributed by atoms with van der Waals surface area (Å²) in [5, 5.41) is 6.44. The Hall–Kier alpha value is -1.91. The van der Waals surface area contributed by atoms with Gasteiger partial charge in [0.25, 0.3) is 11.8 Å². The quantitative estimate of drug-likeness (QED) is 0.692. The normalized spacial score (nSPS) is 15.5. The van der Waals surface area contributed by atoms with Gasteiger partial charge < -0.3 is 0 Å². The maximum atomic E-state index is 11.4. The molecular weight excluding hydrogens is 194 g/mol. The fourth-order valence-corrected chi connectivity index (χ4v) is 1.63. The molecule has 0 saturated carbocycles. The van der Waals surface area contributed by atoms with E-state index in [1.807, 2.05) is 6.92 Å². The zero-order chi connectivity index (χ0) is 11.0. The molecule has 0 spiro atoms. The second-order valence-corrected chi connectivity index (χ2v) is 3.39. The minimum Gasteiger partial charge on any atom is -0.289 e. The highest BCUT2D eigenvalue weighted by Crippen LogP contribution is 2.21. The molecule has 0 fully saturated rings. The number of nitrogens with one attached hydrogen (secondary N) is 1. The topological polar surface area (TPSA) is 64.0 Å². The molecule has 2 heterocycles. The second-order valence-electron chi connectivity index (χ2n) is 3.39. The van der Waals surface area contributed by atoms with Crippen LogP contribution in [-0.4, -0.2) is 21.6 Å². The standard InChI is InChI=1S/C10H11N3O2/c1-3-8-7(5-13(2)12-8)6-4-9(14)11-10(6)15/h4-5H,3H2,1-2H3,(H,11,14,15). The Kier molecular flexibility index (Phi) is 2.15. The molecule has 5 nitrogen and oxygen atoms in total. The lowest BCUT2D eigenvalue weighted by Crippen LogP contribution is -2.21. The molecule has 0 bridgehead atoms. The number of imide groups is 1. The molecule has 1 aliphatic heterocycles. The molecule has 1 N–H and O–H groups in total. The highest BCUT2D eigenvalue weighted by molar-refractivity contribution is 6.33. The Labute approximate surface area is 86.8 Å². The molecule has 0 unspecified atom stereocenters. The molecule has 1 aromatic rings. The van der Waals surface area contributed by atoms with E-state index in [-0.39, 0.29) is 11.8 Å². The molecule has 0 atom stereocenters. The zero-order valence-corrected chi connectivity index (χ0v) is 8.57. The Morgan fingerprint density at radius 3 is 2.73 bits per heavy atom. The van der Waals surface area contributed by atoms with Gasteiger partial charge >= 0.3 is 0 Å². The number of amides is 2. The summed E-state index contributed by atoms with van der Waals surface area (Å²) in [5.41, 5.74) is 1.97. The summed E-state index contributed by atoms with van der Waals surface area (Å²) < 4.78 is 1.64. The van der Waals surface area contributed by atoms with Crippen molar-refractivity contribution in [2.24, 2.45) is 7.05 Å². The first-order valence-electron chi connectivity index (χ1n) is 4.71. The molecule has 15 heavy (non-hydrogen) atoms. The van der Waals surface area contributed by atoms with Gasteiger partial charge in [0, 0.05) is 24.9 Å². The van der Waals surface area contributed by atoms with E-state index in [4.69, 9.17) is 0 Å². The van der Waals surface area contributed by atoms with Crippen LogP contribution in [-0.2, 0) is 23.1 Å². The molecule has 78 valence electrons. The van der Waals surface area contributed by atoms with E-state index in [1.165, 1.54) is 6.08 Å². The fourth-order valence-electron chi connectivity index (χ4n) is 1.63. The number of hydrogen-bond acceptors (Lipinski definition) is 3. The third-order valence-electron chi connectivity index (χ3n) is 2.29. The molecule has 2 rings (SSSR count). The number of nitrogens with zero attached hydrogens (tertiary/aromatic N) is 2. The Bertz CT molecular complexity index is 471. The fraction of sp³-hybridized carbons (Fsp3) is 0.300. The Morgan fingerprint density at radius 2 is 2.20 bits per heavy atom. The van der Waals surface area contributed by atoms with E-state index >= 15 is 0 Å². The number of rotatable bonds is 2. The number of carbonyl (C=O) groups excluding carboxylic acids is 2. The van der Waals surface area contributed by atoms with Crippen LogP contribution in [0, 0.1) is 0 Å². The summed E-state index contributed by atoms with van der Waals surface area (Å²) in [6.07, 6.45) is 3.80. The summed E-state index contributed by atoms with van der Waals surface area (Å²) in [6.45, 7) is 1.96. The summed E-state index contributed by atoms with van der Waals surface area (Å²) in [4.78, 5) is 22.4. The van der Waals surface area contributed by atoms with Crippen molar-refractivity contribution in [1.29, 1.82) is 0 Å². The third-order valence-corrected chi connectivity index (χ3v) is 2.29. The van der Waals surface area contributed by atoms with E-state index in [9.17, 15) is 9.59 Å². The van der Waals surface area contributed by atoms with Crippen LogP contribution >= 0.6 is 0 Å². The van der Waals surface area contributed by atoms with Crippen LogP contribution in [0.25, 0.3) is 5.57 Å². The second kappa shape index (κ2) is 3.34. The molecule has 0 aliphatic carbocycles. The Morgan fingerprint density at radius 1 is 1.47 bits per heavy atom. The van der Waals surface area contributed by atoms with Crippen LogP contribution < -0.4 is 5.32 Å². The molecule has 1 aromatic heterocycles. The maximum Gasteiger partial charge on any atom is 0.259 e. The van der Waals surface area contributed by atoms with E-state index < -0.39 is 0 Å². The molecule has 2 amide bonds. The number of aryl methyl sites for hydroxylation is 2. The summed E-state index contributed by atoms with van der Waals surface area (Å²) in [5.74, 6) is -0.705. The largest absolute Gasteiger partial charge is 0.289 e. The first-order valence-corrected chi connectivity index (χ1v) is 4.71. The van der Waals surface area contributed by atoms with Gasteiger partial charge in [-0.1, -0.05) is 6.92 Å². The van der Waals surface area contributed by atoms with Crippen LogP contribution in [0.4, 0.5) is 0 Å². The molecular formula is C10H11N3O2. The lowest BCUT2D eigenvalue weighted by atomic mass is 10.1. The number of hydrogen-bond donors (Lipinski definition) is 1. The van der Waals surface area contributed by atoms with Gasteiger partial charge in [0.2, 0.25) is 0 Å². The van der Waals surface area contributed by atoms with Crippen molar-refractivity contribution in [3.8, 4) is 0 Å². The van der Waals surface area contributed by atoms with E-state index in [2.05, 4.69) is 10.4 Å². The molecule has 0 radical (unpaired) electrons. The Balaban J connectivity index is 2.49. The minimum atomic E-state index is -0.360. The molecule has 1 aliphatic rings. The average molecular weight is 205 g/mol. The first kappa shape index (κ1) is 9.64. The summed E-state index contributed by atoms with van der Waals surface area (Å²) in [6, 6.07) is 0. The van der Waals surface area contributed by atoms with Crippen molar-refractivity contribution in [3.05, 3.63) is 23.5 Å². The van der Waals surface area contributed by atoms with Gasteiger partial charge in [-0.2, -0.15) is 5.10 Å². The highest BCUT2D eigenvalue weighted by Gasteiger charge is 2.25. The first-order chi connectivity index (χ1) is 7.11. The predicted octanol–water partition coefficient (Wildman–Crippen LogP) is 0.0223. The third kappa shape index (κ3) is 1.56. The minimum absolute atomic E-state index is 0.345. The van der Waals surface area contributed by atoms with Gasteiger partial charge in [0.05, 0.1) is 11.3 Å². The summed E-state index contributed by atoms with van der Waals surface area (Å²) in [7, 11) is 1.79. The van der Waals surface area contributed by atoms with Crippen molar-refractivity contribution in [2.75, 3.05) is 0 Å². The van der Waals surface area contributed by atoms with Crippen LogP contribution in [0.2, 0.25) is 0 Å². The highest BCUT2D eigenvalue weighted by atomic mass is 16.2. The molecule has 0 saturated heterocycles. The lowest BCUT2D eigenvalue weighted by Gasteiger charge is -1.97. The lowest BCUT2D eigenvalue weighted by molar-refractivity contribution is -0.123. The average Bonchev–Trinajstić information content (AvgIpc) is 2.69. The van der Waals surface area contributed by atoms with Gasteiger partial charge in [-0.15, -0.1) is 0 Å². The van der Waals surface area contributed by atoms with Crippen molar-refractivity contribution in [3.63, 3.8) is 0 Å². The maximum absolute atomic E-state index is 11.4. The van der Waals surface area contributed by atoms with Crippen molar-refractivity contribution >= 4 is 17.4 Å². The van der Waals surface area contributed by atoms with Crippen molar-refractivity contribution in [1.82, 2.24) is 15.1 Å². The van der Waals surface area contributed by atoms with Gasteiger partial charge in [-0.05, 0) is 6.42 Å². The molecule has 0 aromatic carbocycles. The number of carbonyl (C=O) groups is 2. The van der Waals surface area contributed by atoms with E-state index in [0.29, 0.717) is 5.57 Å². The SMILES string of the molecule is CCc1nn(C)cc1C1=CC(=O)NC1=O. The van der Waals surface area contributed by atoms with E-state index in [1.54, 1.807) is 17.9 Å². The van der Waals surface area contributed by atoms with Gasteiger partial charge in [-0.3, -0.25) is 19.6 Å². The van der Waals surface area contributed by atoms with Crippen molar-refractivity contribution in [2.45, 2.75) is 13.3 Å². The summed E-state index contributed by atoms with van der Waals surface area (Å²) >= 11 is 0.